The van der Waals surface area contributed by atoms with Crippen molar-refractivity contribution in [1.82, 2.24) is 4.98 Å². The van der Waals surface area contributed by atoms with Crippen LogP contribution in [0.2, 0.25) is 0 Å². The molecule has 0 fully saturated rings. The summed E-state index contributed by atoms with van der Waals surface area (Å²) in [6.07, 6.45) is 0.934. The predicted octanol–water partition coefficient (Wildman–Crippen LogP) is 2.48. The second-order valence-electron chi connectivity index (χ2n) is 3.92. The fraction of sp³-hybridized carbons (Fsp3) is 0.214. The number of pyridine rings is 1. The highest BCUT2D eigenvalue weighted by Crippen LogP contribution is 2.27. The highest BCUT2D eigenvalue weighted by atomic mass is 16.5. The van der Waals surface area contributed by atoms with E-state index in [-0.39, 0.29) is 0 Å². The zero-order valence-electron chi connectivity index (χ0n) is 9.92. The van der Waals surface area contributed by atoms with Crippen molar-refractivity contribution in [3.8, 4) is 5.88 Å². The number of aromatic nitrogens is 1. The van der Waals surface area contributed by atoms with Gasteiger partial charge in [0, 0.05) is 11.8 Å². The molecule has 17 heavy (non-hydrogen) atoms. The standard InChI is InChI=1S/C14H15NO2/c1-10-5-7-11(8-6-10)13(16)12-4-3-9-15-14(12)17-2/h3-9,13,16H,1-2H3. The van der Waals surface area contributed by atoms with Crippen molar-refractivity contribution in [2.45, 2.75) is 13.0 Å². The predicted molar refractivity (Wildman–Crippen MR) is 66.0 cm³/mol. The number of benzene rings is 1. The Morgan fingerprint density at radius 2 is 1.88 bits per heavy atom. The quantitative estimate of drug-likeness (QED) is 0.879. The molecule has 0 saturated carbocycles. The van der Waals surface area contributed by atoms with Crippen molar-refractivity contribution in [1.29, 1.82) is 0 Å². The van der Waals surface area contributed by atoms with Crippen LogP contribution in [-0.4, -0.2) is 17.2 Å². The van der Waals surface area contributed by atoms with Gasteiger partial charge in [0.2, 0.25) is 5.88 Å². The Bertz CT molecular complexity index is 494. The number of nitrogens with zero attached hydrogens (tertiary/aromatic N) is 1. The number of hydrogen-bond acceptors (Lipinski definition) is 3. The molecule has 0 aliphatic heterocycles. The summed E-state index contributed by atoms with van der Waals surface area (Å²) in [7, 11) is 1.55. The molecular weight excluding hydrogens is 214 g/mol. The van der Waals surface area contributed by atoms with Gasteiger partial charge in [-0.25, -0.2) is 4.98 Å². The number of rotatable bonds is 3. The molecular formula is C14H15NO2. The van der Waals surface area contributed by atoms with Crippen LogP contribution in [-0.2, 0) is 0 Å². The highest BCUT2D eigenvalue weighted by molar-refractivity contribution is 5.36. The molecule has 1 aromatic heterocycles. The van der Waals surface area contributed by atoms with Crippen LogP contribution >= 0.6 is 0 Å². The minimum Gasteiger partial charge on any atom is -0.481 e. The zero-order chi connectivity index (χ0) is 12.3. The number of aliphatic hydroxyl groups is 1. The average molecular weight is 229 g/mol. The van der Waals surface area contributed by atoms with Crippen LogP contribution < -0.4 is 4.74 Å². The van der Waals surface area contributed by atoms with Crippen molar-refractivity contribution in [2.24, 2.45) is 0 Å². The molecule has 88 valence electrons. The normalized spacial score (nSPS) is 12.2. The first-order valence-electron chi connectivity index (χ1n) is 5.46. The van der Waals surface area contributed by atoms with E-state index in [9.17, 15) is 5.11 Å². The molecule has 0 bridgehead atoms. The number of aryl methyl sites for hydroxylation is 1. The van der Waals surface area contributed by atoms with E-state index in [1.54, 1.807) is 19.4 Å². The summed E-state index contributed by atoms with van der Waals surface area (Å²) in [4.78, 5) is 4.08. The van der Waals surface area contributed by atoms with Crippen molar-refractivity contribution in [2.75, 3.05) is 7.11 Å². The number of ether oxygens (including phenoxy) is 1. The first kappa shape index (κ1) is 11.6. The van der Waals surface area contributed by atoms with E-state index >= 15 is 0 Å². The first-order valence-corrected chi connectivity index (χ1v) is 5.46. The summed E-state index contributed by atoms with van der Waals surface area (Å²) in [5.41, 5.74) is 2.68. The second-order valence-corrected chi connectivity index (χ2v) is 3.92. The van der Waals surface area contributed by atoms with E-state index in [4.69, 9.17) is 4.74 Å². The zero-order valence-corrected chi connectivity index (χ0v) is 9.92. The Morgan fingerprint density at radius 3 is 2.53 bits per heavy atom. The SMILES string of the molecule is COc1ncccc1C(O)c1ccc(C)cc1. The van der Waals surface area contributed by atoms with Crippen LogP contribution in [0.15, 0.2) is 42.6 Å². The second kappa shape index (κ2) is 4.97. The molecule has 1 aromatic carbocycles. The van der Waals surface area contributed by atoms with Gasteiger partial charge in [-0.1, -0.05) is 29.8 Å². The lowest BCUT2D eigenvalue weighted by molar-refractivity contribution is 0.213. The fourth-order valence-electron chi connectivity index (χ4n) is 1.71. The Balaban J connectivity index is 2.36. The van der Waals surface area contributed by atoms with Crippen LogP contribution in [0, 0.1) is 6.92 Å². The molecule has 0 radical (unpaired) electrons. The lowest BCUT2D eigenvalue weighted by Crippen LogP contribution is -2.03. The third-order valence-corrected chi connectivity index (χ3v) is 2.68. The molecule has 3 nitrogen and oxygen atoms in total. The van der Waals surface area contributed by atoms with Crippen molar-refractivity contribution in [3.63, 3.8) is 0 Å². The minimum atomic E-state index is -0.709. The molecule has 0 aliphatic rings. The summed E-state index contributed by atoms with van der Waals surface area (Å²) in [6.45, 7) is 2.01. The molecule has 1 heterocycles. The van der Waals surface area contributed by atoms with E-state index in [1.165, 1.54) is 5.56 Å². The van der Waals surface area contributed by atoms with Gasteiger partial charge in [0.25, 0.3) is 0 Å². The van der Waals surface area contributed by atoms with Crippen molar-refractivity contribution >= 4 is 0 Å². The number of methoxy groups -OCH3 is 1. The van der Waals surface area contributed by atoms with Crippen molar-refractivity contribution in [3.05, 3.63) is 59.3 Å². The summed E-state index contributed by atoms with van der Waals surface area (Å²) < 4.78 is 5.14. The smallest absolute Gasteiger partial charge is 0.219 e. The van der Waals surface area contributed by atoms with E-state index in [0.29, 0.717) is 11.4 Å². The molecule has 1 N–H and O–H groups in total. The van der Waals surface area contributed by atoms with Crippen LogP contribution in [0.25, 0.3) is 0 Å². The first-order chi connectivity index (χ1) is 8.22. The lowest BCUT2D eigenvalue weighted by Gasteiger charge is -2.14. The maximum Gasteiger partial charge on any atom is 0.219 e. The van der Waals surface area contributed by atoms with E-state index in [2.05, 4.69) is 4.98 Å². The third-order valence-electron chi connectivity index (χ3n) is 2.68. The Labute approximate surface area is 101 Å². The average Bonchev–Trinajstić information content (AvgIpc) is 2.39. The largest absolute Gasteiger partial charge is 0.481 e. The molecule has 0 spiro atoms. The lowest BCUT2D eigenvalue weighted by atomic mass is 10.0. The van der Waals surface area contributed by atoms with Gasteiger partial charge in [0.15, 0.2) is 0 Å². The van der Waals surface area contributed by atoms with Gasteiger partial charge in [-0.05, 0) is 24.6 Å². The molecule has 2 rings (SSSR count). The summed E-state index contributed by atoms with van der Waals surface area (Å²) >= 11 is 0. The van der Waals surface area contributed by atoms with Crippen LogP contribution in [0.5, 0.6) is 5.88 Å². The maximum atomic E-state index is 10.3. The van der Waals surface area contributed by atoms with Crippen molar-refractivity contribution < 1.29 is 9.84 Å². The fourth-order valence-corrected chi connectivity index (χ4v) is 1.71. The van der Waals surface area contributed by atoms with E-state index in [1.807, 2.05) is 37.3 Å². The van der Waals surface area contributed by atoms with Gasteiger partial charge in [-0.2, -0.15) is 0 Å². The molecule has 3 heteroatoms. The Hall–Kier alpha value is -1.87. The summed E-state index contributed by atoms with van der Waals surface area (Å²) in [6, 6.07) is 11.4. The molecule has 0 saturated heterocycles. The monoisotopic (exact) mass is 229 g/mol. The van der Waals surface area contributed by atoms with Gasteiger partial charge in [0.05, 0.1) is 7.11 Å². The van der Waals surface area contributed by atoms with Gasteiger partial charge < -0.3 is 9.84 Å². The van der Waals surface area contributed by atoms with E-state index in [0.717, 1.165) is 5.56 Å². The summed E-state index contributed by atoms with van der Waals surface area (Å²) in [5.74, 6) is 0.459. The van der Waals surface area contributed by atoms with Crippen LogP contribution in [0.3, 0.4) is 0 Å². The minimum absolute atomic E-state index is 0.459. The molecule has 0 aliphatic carbocycles. The molecule has 1 atom stereocenters. The molecule has 2 aromatic rings. The maximum absolute atomic E-state index is 10.3. The van der Waals surface area contributed by atoms with Gasteiger partial charge in [0.1, 0.15) is 6.10 Å². The highest BCUT2D eigenvalue weighted by Gasteiger charge is 2.15. The molecule has 1 unspecified atom stereocenters. The Morgan fingerprint density at radius 1 is 1.18 bits per heavy atom. The van der Waals surface area contributed by atoms with Crippen LogP contribution in [0.1, 0.15) is 22.8 Å². The summed E-state index contributed by atoms with van der Waals surface area (Å²) in [5, 5.41) is 10.3. The third kappa shape index (κ3) is 2.45. The van der Waals surface area contributed by atoms with E-state index < -0.39 is 6.10 Å². The number of hydrogen-bond donors (Lipinski definition) is 1. The number of aliphatic hydroxyl groups excluding tert-OH is 1. The Kier molecular flexibility index (Phi) is 3.40. The van der Waals surface area contributed by atoms with Gasteiger partial charge >= 0.3 is 0 Å². The topological polar surface area (TPSA) is 42.4 Å². The van der Waals surface area contributed by atoms with Crippen LogP contribution in [0.4, 0.5) is 0 Å². The molecule has 0 amide bonds. The van der Waals surface area contributed by atoms with Gasteiger partial charge in [-0.15, -0.1) is 0 Å². The van der Waals surface area contributed by atoms with Gasteiger partial charge in [-0.3, -0.25) is 0 Å².